The molecule has 0 unspecified atom stereocenters. The molecule has 0 aliphatic rings. The number of aromatic carboxylic acids is 1. The van der Waals surface area contributed by atoms with Crippen molar-refractivity contribution in [1.82, 2.24) is 4.57 Å². The van der Waals surface area contributed by atoms with Crippen LogP contribution in [0.5, 0.6) is 0 Å². The van der Waals surface area contributed by atoms with Crippen molar-refractivity contribution in [2.75, 3.05) is 0 Å². The number of carboxylic acids is 1. The van der Waals surface area contributed by atoms with E-state index < -0.39 is 5.97 Å². The summed E-state index contributed by atoms with van der Waals surface area (Å²) in [4.78, 5) is 22.2. The van der Waals surface area contributed by atoms with Crippen LogP contribution in [-0.2, 0) is 6.54 Å². The van der Waals surface area contributed by atoms with Gasteiger partial charge in [-0.05, 0) is 34.1 Å². The third-order valence-electron chi connectivity index (χ3n) is 2.18. The highest BCUT2D eigenvalue weighted by molar-refractivity contribution is 9.10. The van der Waals surface area contributed by atoms with Gasteiger partial charge < -0.3 is 9.52 Å². The summed E-state index contributed by atoms with van der Waals surface area (Å²) in [6, 6.07) is 7.68. The average Bonchev–Trinajstić information content (AvgIpc) is 2.72. The SMILES string of the molecule is O=C(O)c1ccc(Cn2c(Br)cccc2=O)o1. The number of hydrogen-bond acceptors (Lipinski definition) is 3. The number of hydrogen-bond donors (Lipinski definition) is 1. The van der Waals surface area contributed by atoms with Crippen LogP contribution in [0.4, 0.5) is 0 Å². The predicted octanol–water partition coefficient (Wildman–Crippen LogP) is 1.95. The average molecular weight is 298 g/mol. The molecule has 0 fully saturated rings. The third kappa shape index (κ3) is 2.47. The summed E-state index contributed by atoms with van der Waals surface area (Å²) in [5.74, 6) is -0.854. The third-order valence-corrected chi connectivity index (χ3v) is 2.88. The van der Waals surface area contributed by atoms with E-state index in [1.54, 1.807) is 12.1 Å². The molecule has 0 aliphatic carbocycles. The van der Waals surface area contributed by atoms with Gasteiger partial charge in [-0.15, -0.1) is 0 Å². The standard InChI is InChI=1S/C11H8BrNO4/c12-9-2-1-3-10(14)13(9)6-7-4-5-8(17-7)11(15)16/h1-5H,6H2,(H,15,16). The molecule has 2 rings (SSSR count). The maximum Gasteiger partial charge on any atom is 0.371 e. The van der Waals surface area contributed by atoms with Gasteiger partial charge in [0.2, 0.25) is 5.76 Å². The number of pyridine rings is 1. The summed E-state index contributed by atoms with van der Waals surface area (Å²) in [5.41, 5.74) is -0.187. The molecule has 17 heavy (non-hydrogen) atoms. The van der Waals surface area contributed by atoms with E-state index in [0.29, 0.717) is 10.4 Å². The Morgan fingerprint density at radius 1 is 1.35 bits per heavy atom. The molecule has 0 aliphatic heterocycles. The maximum atomic E-state index is 11.6. The Morgan fingerprint density at radius 3 is 2.71 bits per heavy atom. The molecule has 1 N–H and O–H groups in total. The highest BCUT2D eigenvalue weighted by Gasteiger charge is 2.10. The molecular formula is C11H8BrNO4. The molecule has 2 aromatic heterocycles. The summed E-state index contributed by atoms with van der Waals surface area (Å²) < 4.78 is 7.12. The zero-order valence-corrected chi connectivity index (χ0v) is 10.2. The number of halogens is 1. The number of carbonyl (C=O) groups is 1. The highest BCUT2D eigenvalue weighted by Crippen LogP contribution is 2.12. The maximum absolute atomic E-state index is 11.6. The van der Waals surface area contributed by atoms with Gasteiger partial charge in [0, 0.05) is 6.07 Å². The molecule has 2 aromatic rings. The fourth-order valence-electron chi connectivity index (χ4n) is 1.38. The molecule has 0 saturated heterocycles. The smallest absolute Gasteiger partial charge is 0.371 e. The van der Waals surface area contributed by atoms with Crippen molar-refractivity contribution in [3.05, 3.63) is 56.8 Å². The molecular weight excluding hydrogens is 290 g/mol. The molecule has 6 heteroatoms. The minimum Gasteiger partial charge on any atom is -0.475 e. The van der Waals surface area contributed by atoms with Gasteiger partial charge in [-0.25, -0.2) is 4.79 Å². The van der Waals surface area contributed by atoms with Gasteiger partial charge in [-0.3, -0.25) is 9.36 Å². The van der Waals surface area contributed by atoms with Gasteiger partial charge in [-0.2, -0.15) is 0 Å². The molecule has 0 atom stereocenters. The quantitative estimate of drug-likeness (QED) is 0.879. The van der Waals surface area contributed by atoms with E-state index in [1.807, 2.05) is 0 Å². The normalized spacial score (nSPS) is 10.4. The molecule has 0 spiro atoms. The van der Waals surface area contributed by atoms with Crippen LogP contribution in [0.1, 0.15) is 16.3 Å². The second-order valence-electron chi connectivity index (χ2n) is 3.34. The zero-order chi connectivity index (χ0) is 12.4. The van der Waals surface area contributed by atoms with Crippen LogP contribution in [0.15, 0.2) is 44.1 Å². The van der Waals surface area contributed by atoms with Crippen LogP contribution in [0, 0.1) is 0 Å². The van der Waals surface area contributed by atoms with Gasteiger partial charge in [-0.1, -0.05) is 6.07 Å². The van der Waals surface area contributed by atoms with E-state index >= 15 is 0 Å². The molecule has 5 nitrogen and oxygen atoms in total. The van der Waals surface area contributed by atoms with Crippen LogP contribution in [-0.4, -0.2) is 15.6 Å². The first-order valence-electron chi connectivity index (χ1n) is 4.75. The first-order valence-corrected chi connectivity index (χ1v) is 5.54. The van der Waals surface area contributed by atoms with E-state index in [1.165, 1.54) is 22.8 Å². The summed E-state index contributed by atoms with van der Waals surface area (Å²) >= 11 is 3.25. The zero-order valence-electron chi connectivity index (χ0n) is 8.59. The summed E-state index contributed by atoms with van der Waals surface area (Å²) in [7, 11) is 0. The first-order chi connectivity index (χ1) is 8.08. The lowest BCUT2D eigenvalue weighted by atomic mass is 10.4. The largest absolute Gasteiger partial charge is 0.475 e. The van der Waals surface area contributed by atoms with E-state index in [-0.39, 0.29) is 17.9 Å². The van der Waals surface area contributed by atoms with E-state index in [9.17, 15) is 9.59 Å². The van der Waals surface area contributed by atoms with Gasteiger partial charge in [0.05, 0.1) is 11.1 Å². The van der Waals surface area contributed by atoms with Crippen molar-refractivity contribution < 1.29 is 14.3 Å². The van der Waals surface area contributed by atoms with Gasteiger partial charge in [0.15, 0.2) is 0 Å². The second-order valence-corrected chi connectivity index (χ2v) is 4.16. The Morgan fingerprint density at radius 2 is 2.12 bits per heavy atom. The minimum absolute atomic E-state index is 0.139. The Kier molecular flexibility index (Phi) is 3.14. The van der Waals surface area contributed by atoms with Crippen LogP contribution >= 0.6 is 15.9 Å². The first kappa shape index (κ1) is 11.7. The van der Waals surface area contributed by atoms with Crippen LogP contribution in [0.2, 0.25) is 0 Å². The summed E-state index contributed by atoms with van der Waals surface area (Å²) in [6.45, 7) is 0.188. The molecule has 0 amide bonds. The lowest BCUT2D eigenvalue weighted by Crippen LogP contribution is -2.19. The van der Waals surface area contributed by atoms with Crippen molar-refractivity contribution in [3.8, 4) is 0 Å². The molecule has 0 saturated carbocycles. The topological polar surface area (TPSA) is 72.4 Å². The number of aromatic nitrogens is 1. The monoisotopic (exact) mass is 297 g/mol. The van der Waals surface area contributed by atoms with Crippen LogP contribution < -0.4 is 5.56 Å². The lowest BCUT2D eigenvalue weighted by molar-refractivity contribution is 0.0660. The summed E-state index contributed by atoms with van der Waals surface area (Å²) in [6.07, 6.45) is 0. The minimum atomic E-state index is -1.13. The number of rotatable bonds is 3. The molecule has 88 valence electrons. The van der Waals surface area contributed by atoms with E-state index in [0.717, 1.165) is 0 Å². The number of furan rings is 1. The predicted molar refractivity (Wildman–Crippen MR) is 63.2 cm³/mol. The van der Waals surface area contributed by atoms with Gasteiger partial charge >= 0.3 is 5.97 Å². The Labute approximate surface area is 104 Å². The molecule has 0 aromatic carbocycles. The fourth-order valence-corrected chi connectivity index (χ4v) is 1.83. The Bertz CT molecular complexity index is 614. The van der Waals surface area contributed by atoms with Gasteiger partial charge in [0.1, 0.15) is 5.76 Å². The van der Waals surface area contributed by atoms with Crippen molar-refractivity contribution in [2.24, 2.45) is 0 Å². The van der Waals surface area contributed by atoms with E-state index in [2.05, 4.69) is 15.9 Å². The number of nitrogens with zero attached hydrogens (tertiary/aromatic N) is 1. The highest BCUT2D eigenvalue weighted by atomic mass is 79.9. The second kappa shape index (κ2) is 4.58. The Balaban J connectivity index is 2.32. The summed E-state index contributed by atoms with van der Waals surface area (Å²) in [5, 5.41) is 8.70. The van der Waals surface area contributed by atoms with Crippen molar-refractivity contribution >= 4 is 21.9 Å². The van der Waals surface area contributed by atoms with Crippen LogP contribution in [0.3, 0.4) is 0 Å². The lowest BCUT2D eigenvalue weighted by Gasteiger charge is -2.05. The van der Waals surface area contributed by atoms with Crippen molar-refractivity contribution in [2.45, 2.75) is 6.54 Å². The van der Waals surface area contributed by atoms with Gasteiger partial charge in [0.25, 0.3) is 5.56 Å². The van der Waals surface area contributed by atoms with E-state index in [4.69, 9.17) is 9.52 Å². The van der Waals surface area contributed by atoms with Crippen molar-refractivity contribution in [3.63, 3.8) is 0 Å². The fraction of sp³-hybridized carbons (Fsp3) is 0.0909. The number of carboxylic acid groups (broad SMARTS) is 1. The Hall–Kier alpha value is -1.82. The van der Waals surface area contributed by atoms with Crippen LogP contribution in [0.25, 0.3) is 0 Å². The molecule has 0 radical (unpaired) electrons. The molecule has 2 heterocycles. The molecule has 0 bridgehead atoms. The van der Waals surface area contributed by atoms with Crippen molar-refractivity contribution in [1.29, 1.82) is 0 Å².